The van der Waals surface area contributed by atoms with Crippen molar-refractivity contribution in [1.29, 1.82) is 0 Å². The topological polar surface area (TPSA) is 67.2 Å². The number of oxazole rings is 1. The molecule has 1 atom stereocenters. The van der Waals surface area contributed by atoms with Crippen molar-refractivity contribution in [2.75, 3.05) is 5.32 Å². The molecule has 4 aromatic rings. The van der Waals surface area contributed by atoms with Crippen LogP contribution in [0.2, 0.25) is 0 Å². The zero-order chi connectivity index (χ0) is 22.7. The van der Waals surface area contributed by atoms with Gasteiger partial charge in [0.1, 0.15) is 5.52 Å². The Balaban J connectivity index is 1.50. The molecule has 3 aromatic carbocycles. The molecule has 5 nitrogen and oxygen atoms in total. The summed E-state index contributed by atoms with van der Waals surface area (Å²) in [5.74, 6) is 0.774. The van der Waals surface area contributed by atoms with Crippen LogP contribution in [0, 0.1) is 6.92 Å². The Morgan fingerprint density at radius 3 is 2.69 bits per heavy atom. The molecule has 32 heavy (non-hydrogen) atoms. The molecule has 0 saturated carbocycles. The van der Waals surface area contributed by atoms with Gasteiger partial charge in [0.2, 0.25) is 5.89 Å². The Labute approximate surface area is 192 Å². The van der Waals surface area contributed by atoms with E-state index in [2.05, 4.69) is 41.6 Å². The highest BCUT2D eigenvalue weighted by Gasteiger charge is 2.13. The van der Waals surface area contributed by atoms with E-state index in [4.69, 9.17) is 16.6 Å². The van der Waals surface area contributed by atoms with Crippen LogP contribution in [0.4, 0.5) is 5.69 Å². The maximum atomic E-state index is 12.5. The number of nitrogens with one attached hydrogen (secondary N) is 2. The normalized spacial score (nSPS) is 11.8. The number of hydrogen-bond donors (Lipinski definition) is 2. The molecule has 1 heterocycles. The molecule has 0 fully saturated rings. The summed E-state index contributed by atoms with van der Waals surface area (Å²) in [6, 6.07) is 21.1. The van der Waals surface area contributed by atoms with Crippen LogP contribution in [0.25, 0.3) is 22.6 Å². The number of hydrogen-bond acceptors (Lipinski definition) is 4. The Morgan fingerprint density at radius 1 is 1.09 bits per heavy atom. The number of anilines is 1. The molecule has 162 valence electrons. The maximum absolute atomic E-state index is 12.5. The number of nitrogens with zero attached hydrogens (tertiary/aromatic N) is 1. The van der Waals surface area contributed by atoms with Gasteiger partial charge in [0, 0.05) is 16.8 Å². The van der Waals surface area contributed by atoms with Crippen molar-refractivity contribution in [3.63, 3.8) is 0 Å². The molecule has 0 aliphatic carbocycles. The zero-order valence-corrected chi connectivity index (χ0v) is 19.1. The van der Waals surface area contributed by atoms with Gasteiger partial charge in [0.15, 0.2) is 10.7 Å². The van der Waals surface area contributed by atoms with E-state index in [1.54, 1.807) is 6.07 Å². The summed E-state index contributed by atoms with van der Waals surface area (Å²) in [5, 5.41) is 6.03. The van der Waals surface area contributed by atoms with Crippen LogP contribution in [0.1, 0.15) is 47.7 Å². The van der Waals surface area contributed by atoms with Crippen molar-refractivity contribution in [3.8, 4) is 11.5 Å². The van der Waals surface area contributed by atoms with Crippen LogP contribution in [0.3, 0.4) is 0 Å². The first-order valence-electron chi connectivity index (χ1n) is 10.6. The Bertz CT molecular complexity index is 1300. The molecule has 4 rings (SSSR count). The second-order valence-corrected chi connectivity index (χ2v) is 8.27. The molecule has 0 unspecified atom stereocenters. The van der Waals surface area contributed by atoms with Crippen molar-refractivity contribution in [3.05, 3.63) is 83.4 Å². The smallest absolute Gasteiger partial charge is 0.257 e. The number of aryl methyl sites for hydroxylation is 1. The van der Waals surface area contributed by atoms with Crippen LogP contribution in [-0.2, 0) is 0 Å². The number of benzene rings is 3. The number of fused-ring (bicyclic) bond motifs is 1. The van der Waals surface area contributed by atoms with Crippen LogP contribution in [-0.4, -0.2) is 16.0 Å². The van der Waals surface area contributed by atoms with E-state index in [1.807, 2.05) is 55.5 Å². The van der Waals surface area contributed by atoms with Gasteiger partial charge in [-0.3, -0.25) is 10.1 Å². The average molecular weight is 444 g/mol. The van der Waals surface area contributed by atoms with Crippen LogP contribution < -0.4 is 10.6 Å². The fraction of sp³-hybridized carbons (Fsp3) is 0.192. The largest absolute Gasteiger partial charge is 0.436 e. The number of carbonyl (C=O) groups is 1. The van der Waals surface area contributed by atoms with Crippen molar-refractivity contribution >= 4 is 40.0 Å². The summed E-state index contributed by atoms with van der Waals surface area (Å²) in [4.78, 5) is 17.2. The molecular weight excluding hydrogens is 418 g/mol. The van der Waals surface area contributed by atoms with Crippen LogP contribution >= 0.6 is 12.2 Å². The summed E-state index contributed by atoms with van der Waals surface area (Å²) in [5.41, 5.74) is 5.90. The van der Waals surface area contributed by atoms with E-state index in [0.29, 0.717) is 17.4 Å². The van der Waals surface area contributed by atoms with E-state index in [-0.39, 0.29) is 11.0 Å². The second-order valence-electron chi connectivity index (χ2n) is 7.86. The molecule has 0 aliphatic heterocycles. The molecule has 6 heteroatoms. The molecule has 0 saturated heterocycles. The summed E-state index contributed by atoms with van der Waals surface area (Å²) >= 11 is 5.34. The van der Waals surface area contributed by atoms with Gasteiger partial charge in [-0.25, -0.2) is 4.98 Å². The molecule has 2 N–H and O–H groups in total. The quantitative estimate of drug-likeness (QED) is 0.347. The maximum Gasteiger partial charge on any atom is 0.257 e. The van der Waals surface area contributed by atoms with Gasteiger partial charge >= 0.3 is 0 Å². The van der Waals surface area contributed by atoms with E-state index >= 15 is 0 Å². The summed E-state index contributed by atoms with van der Waals surface area (Å²) < 4.78 is 5.98. The number of rotatable bonds is 5. The molecule has 0 aliphatic rings. The highest BCUT2D eigenvalue weighted by Crippen LogP contribution is 2.29. The predicted molar refractivity (Wildman–Crippen MR) is 133 cm³/mol. The Morgan fingerprint density at radius 2 is 1.91 bits per heavy atom. The lowest BCUT2D eigenvalue weighted by Gasteiger charge is -2.11. The third-order valence-corrected chi connectivity index (χ3v) is 5.78. The number of amides is 1. The van der Waals surface area contributed by atoms with Gasteiger partial charge in [-0.1, -0.05) is 44.2 Å². The van der Waals surface area contributed by atoms with Crippen molar-refractivity contribution in [2.45, 2.75) is 33.1 Å². The minimum atomic E-state index is -0.243. The third kappa shape index (κ3) is 4.70. The zero-order valence-electron chi connectivity index (χ0n) is 18.3. The molecule has 1 aromatic heterocycles. The highest BCUT2D eigenvalue weighted by atomic mass is 32.1. The fourth-order valence-electron chi connectivity index (χ4n) is 3.50. The molecule has 0 radical (unpaired) electrons. The molecule has 1 amide bonds. The molecular formula is C26H25N3O2S. The van der Waals surface area contributed by atoms with Gasteiger partial charge in [-0.15, -0.1) is 0 Å². The first kappa shape index (κ1) is 21.7. The van der Waals surface area contributed by atoms with E-state index < -0.39 is 0 Å². The van der Waals surface area contributed by atoms with E-state index in [9.17, 15) is 4.79 Å². The minimum Gasteiger partial charge on any atom is -0.436 e. The highest BCUT2D eigenvalue weighted by molar-refractivity contribution is 7.80. The van der Waals surface area contributed by atoms with Gasteiger partial charge in [0.05, 0.1) is 0 Å². The second kappa shape index (κ2) is 9.32. The lowest BCUT2D eigenvalue weighted by atomic mass is 9.98. The van der Waals surface area contributed by atoms with Crippen LogP contribution in [0.5, 0.6) is 0 Å². The average Bonchev–Trinajstić information content (AvgIpc) is 3.22. The molecule has 0 spiro atoms. The van der Waals surface area contributed by atoms with Crippen molar-refractivity contribution in [2.24, 2.45) is 0 Å². The van der Waals surface area contributed by atoms with Crippen molar-refractivity contribution in [1.82, 2.24) is 10.3 Å². The number of aromatic nitrogens is 1. The minimum absolute atomic E-state index is 0.228. The van der Waals surface area contributed by atoms with Gasteiger partial charge in [-0.05, 0) is 79.0 Å². The Hall–Kier alpha value is -3.51. The van der Waals surface area contributed by atoms with Gasteiger partial charge in [0.25, 0.3) is 5.91 Å². The fourth-order valence-corrected chi connectivity index (χ4v) is 3.71. The predicted octanol–water partition coefficient (Wildman–Crippen LogP) is 6.44. The van der Waals surface area contributed by atoms with Gasteiger partial charge < -0.3 is 9.73 Å². The number of thiocarbonyl (C=S) groups is 1. The molecule has 0 bridgehead atoms. The van der Waals surface area contributed by atoms with E-state index in [0.717, 1.165) is 34.3 Å². The first-order chi connectivity index (χ1) is 15.4. The summed E-state index contributed by atoms with van der Waals surface area (Å²) in [6.07, 6.45) is 1.07. The van der Waals surface area contributed by atoms with Gasteiger partial charge in [-0.2, -0.15) is 0 Å². The standard InChI is InChI=1S/C26H25N3O2S/c1-4-16(2)18-12-13-23-22(15-18)28-25(31-23)19-9-7-10-20(14-19)27-26(32)29-24(30)21-11-6-5-8-17(21)3/h5-16H,4H2,1-3H3,(H2,27,29,30,32)/t16-/m1/s1. The van der Waals surface area contributed by atoms with Crippen molar-refractivity contribution < 1.29 is 9.21 Å². The lowest BCUT2D eigenvalue weighted by Crippen LogP contribution is -2.34. The summed E-state index contributed by atoms with van der Waals surface area (Å²) in [6.45, 7) is 6.27. The first-order valence-corrected chi connectivity index (χ1v) is 11.0. The summed E-state index contributed by atoms with van der Waals surface area (Å²) in [7, 11) is 0. The Kier molecular flexibility index (Phi) is 6.32. The SMILES string of the molecule is CC[C@@H](C)c1ccc2oc(-c3cccc(NC(=S)NC(=O)c4ccccc4C)c3)nc2c1. The third-order valence-electron chi connectivity index (χ3n) is 5.58. The monoisotopic (exact) mass is 443 g/mol. The number of carbonyl (C=O) groups excluding carboxylic acids is 1. The lowest BCUT2D eigenvalue weighted by molar-refractivity contribution is 0.0977. The van der Waals surface area contributed by atoms with Crippen LogP contribution in [0.15, 0.2) is 71.1 Å². The van der Waals surface area contributed by atoms with E-state index in [1.165, 1.54) is 5.56 Å².